The molecule has 0 bridgehead atoms. The van der Waals surface area contributed by atoms with Gasteiger partial charge in [-0.3, -0.25) is 4.79 Å². The summed E-state index contributed by atoms with van der Waals surface area (Å²) in [6.07, 6.45) is 5.15. The largest absolute Gasteiger partial charge is 0.341 e. The Balaban J connectivity index is 2.04. The summed E-state index contributed by atoms with van der Waals surface area (Å²) in [7, 11) is 0. The van der Waals surface area contributed by atoms with Crippen molar-refractivity contribution in [2.24, 2.45) is 17.1 Å². The third-order valence-electron chi connectivity index (χ3n) is 4.42. The van der Waals surface area contributed by atoms with Crippen LogP contribution >= 0.6 is 0 Å². The van der Waals surface area contributed by atoms with Crippen LogP contribution in [0.2, 0.25) is 0 Å². The molecular weight excluding hydrogens is 212 g/mol. The Hall–Kier alpha value is -0.570. The van der Waals surface area contributed by atoms with Gasteiger partial charge in [-0.25, -0.2) is 0 Å². The zero-order valence-corrected chi connectivity index (χ0v) is 11.5. The van der Waals surface area contributed by atoms with E-state index in [9.17, 15) is 4.79 Å². The van der Waals surface area contributed by atoms with E-state index in [2.05, 4.69) is 20.8 Å². The van der Waals surface area contributed by atoms with Crippen LogP contribution in [0.3, 0.4) is 0 Å². The van der Waals surface area contributed by atoms with Gasteiger partial charge >= 0.3 is 0 Å². The number of likely N-dealkylation sites (tertiary alicyclic amines) is 1. The van der Waals surface area contributed by atoms with Crippen molar-refractivity contribution < 1.29 is 4.79 Å². The summed E-state index contributed by atoms with van der Waals surface area (Å²) < 4.78 is 0. The standard InChI is InChI=1S/C14H26N2O/c1-11-5-4-6-14(15,9-11)12(17)16-8-7-13(2,3)10-16/h11H,4-10,15H2,1-3H3. The Morgan fingerprint density at radius 1 is 1.35 bits per heavy atom. The van der Waals surface area contributed by atoms with Gasteiger partial charge in [0.25, 0.3) is 0 Å². The Morgan fingerprint density at radius 2 is 2.06 bits per heavy atom. The van der Waals surface area contributed by atoms with Crippen molar-refractivity contribution in [3.63, 3.8) is 0 Å². The summed E-state index contributed by atoms with van der Waals surface area (Å²) >= 11 is 0. The van der Waals surface area contributed by atoms with E-state index in [1.54, 1.807) is 0 Å². The van der Waals surface area contributed by atoms with Crippen molar-refractivity contribution in [1.29, 1.82) is 0 Å². The highest BCUT2D eigenvalue weighted by Crippen LogP contribution is 2.35. The minimum absolute atomic E-state index is 0.203. The maximum atomic E-state index is 12.6. The number of carbonyl (C=O) groups is 1. The minimum Gasteiger partial charge on any atom is -0.341 e. The quantitative estimate of drug-likeness (QED) is 0.761. The van der Waals surface area contributed by atoms with Gasteiger partial charge in [-0.1, -0.05) is 33.6 Å². The molecular formula is C14H26N2O. The van der Waals surface area contributed by atoms with E-state index in [4.69, 9.17) is 5.73 Å². The monoisotopic (exact) mass is 238 g/mol. The van der Waals surface area contributed by atoms with Crippen molar-refractivity contribution in [1.82, 2.24) is 4.90 Å². The van der Waals surface area contributed by atoms with Crippen LogP contribution in [-0.4, -0.2) is 29.4 Å². The predicted octanol–water partition coefficient (Wildman–Crippen LogP) is 2.15. The van der Waals surface area contributed by atoms with Crippen LogP contribution in [0, 0.1) is 11.3 Å². The predicted molar refractivity (Wildman–Crippen MR) is 69.5 cm³/mol. The fraction of sp³-hybridized carbons (Fsp3) is 0.929. The smallest absolute Gasteiger partial charge is 0.242 e. The van der Waals surface area contributed by atoms with Gasteiger partial charge in [-0.05, 0) is 30.6 Å². The molecule has 0 spiro atoms. The van der Waals surface area contributed by atoms with E-state index in [0.29, 0.717) is 5.92 Å². The zero-order valence-electron chi connectivity index (χ0n) is 11.5. The molecule has 1 heterocycles. The lowest BCUT2D eigenvalue weighted by Crippen LogP contribution is -2.57. The second-order valence-corrected chi connectivity index (χ2v) is 7.00. The molecule has 0 radical (unpaired) electrons. The lowest BCUT2D eigenvalue weighted by atomic mass is 9.76. The van der Waals surface area contributed by atoms with Crippen molar-refractivity contribution in [2.75, 3.05) is 13.1 Å². The average molecular weight is 238 g/mol. The molecule has 2 N–H and O–H groups in total. The number of carbonyl (C=O) groups excluding carboxylic acids is 1. The first-order valence-electron chi connectivity index (χ1n) is 6.91. The summed E-state index contributed by atoms with van der Waals surface area (Å²) in [6.45, 7) is 8.43. The molecule has 0 aromatic heterocycles. The van der Waals surface area contributed by atoms with Gasteiger partial charge < -0.3 is 10.6 Å². The number of nitrogens with two attached hydrogens (primary N) is 1. The molecule has 2 unspecified atom stereocenters. The lowest BCUT2D eigenvalue weighted by Gasteiger charge is -2.38. The molecule has 2 fully saturated rings. The van der Waals surface area contributed by atoms with Crippen LogP contribution in [0.5, 0.6) is 0 Å². The van der Waals surface area contributed by atoms with E-state index in [-0.39, 0.29) is 11.3 Å². The van der Waals surface area contributed by atoms with E-state index in [1.807, 2.05) is 4.90 Å². The van der Waals surface area contributed by atoms with Crippen LogP contribution in [0.1, 0.15) is 52.9 Å². The average Bonchev–Trinajstić information content (AvgIpc) is 2.57. The Kier molecular flexibility index (Phi) is 3.23. The molecule has 1 amide bonds. The van der Waals surface area contributed by atoms with Crippen molar-refractivity contribution in [2.45, 2.75) is 58.4 Å². The maximum absolute atomic E-state index is 12.6. The summed E-state index contributed by atoms with van der Waals surface area (Å²) in [4.78, 5) is 14.6. The molecule has 1 aliphatic carbocycles. The number of amides is 1. The van der Waals surface area contributed by atoms with Crippen molar-refractivity contribution in [3.05, 3.63) is 0 Å². The van der Waals surface area contributed by atoms with E-state index >= 15 is 0 Å². The number of hydrogen-bond donors (Lipinski definition) is 1. The highest BCUT2D eigenvalue weighted by Gasteiger charge is 2.43. The van der Waals surface area contributed by atoms with Gasteiger partial charge in [0.2, 0.25) is 5.91 Å². The first-order chi connectivity index (χ1) is 7.82. The SMILES string of the molecule is CC1CCCC(N)(C(=O)N2CCC(C)(C)C2)C1. The van der Waals surface area contributed by atoms with Crippen LogP contribution in [0.25, 0.3) is 0 Å². The van der Waals surface area contributed by atoms with Gasteiger partial charge in [0.05, 0.1) is 5.54 Å². The van der Waals surface area contributed by atoms with Gasteiger partial charge in [-0.2, -0.15) is 0 Å². The van der Waals surface area contributed by atoms with Gasteiger partial charge in [0.1, 0.15) is 0 Å². The molecule has 98 valence electrons. The molecule has 1 aliphatic heterocycles. The summed E-state index contributed by atoms with van der Waals surface area (Å²) in [6, 6.07) is 0. The number of rotatable bonds is 1. The minimum atomic E-state index is -0.571. The van der Waals surface area contributed by atoms with Crippen molar-refractivity contribution >= 4 is 5.91 Å². The number of hydrogen-bond acceptors (Lipinski definition) is 2. The van der Waals surface area contributed by atoms with Gasteiger partial charge in [0.15, 0.2) is 0 Å². The van der Waals surface area contributed by atoms with Crippen LogP contribution in [0.15, 0.2) is 0 Å². The molecule has 3 heteroatoms. The Labute approximate surface area is 105 Å². The Morgan fingerprint density at radius 3 is 2.59 bits per heavy atom. The van der Waals surface area contributed by atoms with Crippen LogP contribution < -0.4 is 5.73 Å². The molecule has 2 rings (SSSR count). The fourth-order valence-corrected chi connectivity index (χ4v) is 3.39. The molecule has 2 atom stereocenters. The third kappa shape index (κ3) is 2.65. The zero-order chi connectivity index (χ0) is 12.7. The second kappa shape index (κ2) is 4.27. The highest BCUT2D eigenvalue weighted by atomic mass is 16.2. The first-order valence-corrected chi connectivity index (χ1v) is 6.91. The summed E-state index contributed by atoms with van der Waals surface area (Å²) in [5, 5.41) is 0. The molecule has 0 aromatic carbocycles. The van der Waals surface area contributed by atoms with Gasteiger partial charge in [-0.15, -0.1) is 0 Å². The van der Waals surface area contributed by atoms with Crippen LogP contribution in [-0.2, 0) is 4.79 Å². The molecule has 3 nitrogen and oxygen atoms in total. The first kappa shape index (κ1) is 12.9. The normalized spacial score (nSPS) is 37.2. The molecule has 1 saturated carbocycles. The third-order valence-corrected chi connectivity index (χ3v) is 4.42. The van der Waals surface area contributed by atoms with E-state index < -0.39 is 5.54 Å². The second-order valence-electron chi connectivity index (χ2n) is 7.00. The fourth-order valence-electron chi connectivity index (χ4n) is 3.39. The van der Waals surface area contributed by atoms with Crippen molar-refractivity contribution in [3.8, 4) is 0 Å². The van der Waals surface area contributed by atoms with E-state index in [1.165, 1.54) is 6.42 Å². The van der Waals surface area contributed by atoms with E-state index in [0.717, 1.165) is 38.8 Å². The van der Waals surface area contributed by atoms with Crippen LogP contribution in [0.4, 0.5) is 0 Å². The van der Waals surface area contributed by atoms with Gasteiger partial charge in [0, 0.05) is 13.1 Å². The lowest BCUT2D eigenvalue weighted by molar-refractivity contribution is -0.138. The Bertz CT molecular complexity index is 313. The topological polar surface area (TPSA) is 46.3 Å². The highest BCUT2D eigenvalue weighted by molar-refractivity contribution is 5.86. The molecule has 2 aliphatic rings. The number of nitrogens with zero attached hydrogens (tertiary/aromatic N) is 1. The molecule has 0 aromatic rings. The molecule has 1 saturated heterocycles. The molecule has 17 heavy (non-hydrogen) atoms. The summed E-state index contributed by atoms with van der Waals surface area (Å²) in [5.41, 5.74) is 6.07. The maximum Gasteiger partial charge on any atom is 0.242 e. The summed E-state index contributed by atoms with van der Waals surface area (Å²) in [5.74, 6) is 0.794.